The fourth-order valence-corrected chi connectivity index (χ4v) is 2.85. The maximum absolute atomic E-state index is 11.8. The van der Waals surface area contributed by atoms with Crippen LogP contribution >= 0.6 is 15.9 Å². The molecule has 0 amide bonds. The number of Topliss-reactive ketones (excluding diaryl/α,β-unsaturated/α-hetero) is 1. The molecule has 0 spiro atoms. The first-order valence-electron chi connectivity index (χ1n) is 6.06. The summed E-state index contributed by atoms with van der Waals surface area (Å²) in [4.78, 5) is 11.8. The van der Waals surface area contributed by atoms with Gasteiger partial charge in [0.05, 0.1) is 7.11 Å². The average molecular weight is 297 g/mol. The van der Waals surface area contributed by atoms with E-state index >= 15 is 0 Å². The Morgan fingerprint density at radius 2 is 2.24 bits per heavy atom. The maximum Gasteiger partial charge on any atom is 0.136 e. The molecule has 0 aromatic heterocycles. The van der Waals surface area contributed by atoms with Crippen molar-refractivity contribution in [2.24, 2.45) is 5.92 Å². The number of benzene rings is 1. The van der Waals surface area contributed by atoms with Gasteiger partial charge in [-0.2, -0.15) is 0 Å². The van der Waals surface area contributed by atoms with Crippen LogP contribution in [0.5, 0.6) is 5.75 Å². The Bertz CT molecular complexity index is 415. The molecule has 1 fully saturated rings. The lowest BCUT2D eigenvalue weighted by Crippen LogP contribution is -2.21. The molecule has 0 N–H and O–H groups in total. The van der Waals surface area contributed by atoms with Crippen LogP contribution in [0.25, 0.3) is 0 Å². The Morgan fingerprint density at radius 3 is 2.94 bits per heavy atom. The van der Waals surface area contributed by atoms with Crippen molar-refractivity contribution in [1.82, 2.24) is 0 Å². The lowest BCUT2D eigenvalue weighted by Gasteiger charge is -2.21. The van der Waals surface area contributed by atoms with Gasteiger partial charge in [0.25, 0.3) is 0 Å². The van der Waals surface area contributed by atoms with Crippen molar-refractivity contribution in [1.29, 1.82) is 0 Å². The van der Waals surface area contributed by atoms with Crippen LogP contribution in [-0.2, 0) is 11.2 Å². The topological polar surface area (TPSA) is 26.3 Å². The summed E-state index contributed by atoms with van der Waals surface area (Å²) in [5.74, 6) is 1.48. The van der Waals surface area contributed by atoms with Gasteiger partial charge in [-0.05, 0) is 43.0 Å². The summed E-state index contributed by atoms with van der Waals surface area (Å²) in [5, 5.41) is 0. The molecule has 0 heterocycles. The molecule has 1 aromatic carbocycles. The molecule has 0 bridgehead atoms. The molecule has 2 nitrogen and oxygen atoms in total. The molecule has 0 radical (unpaired) electrons. The molecule has 2 rings (SSSR count). The monoisotopic (exact) mass is 296 g/mol. The molecular formula is C14H17BrO2. The highest BCUT2D eigenvalue weighted by atomic mass is 79.9. The van der Waals surface area contributed by atoms with Crippen LogP contribution in [0.1, 0.15) is 31.2 Å². The van der Waals surface area contributed by atoms with Gasteiger partial charge in [-0.15, -0.1) is 0 Å². The molecule has 1 aliphatic carbocycles. The van der Waals surface area contributed by atoms with Gasteiger partial charge in [0.2, 0.25) is 0 Å². The van der Waals surface area contributed by atoms with E-state index in [1.165, 1.54) is 6.42 Å². The number of rotatable bonds is 3. The predicted octanol–water partition coefficient (Wildman–Crippen LogP) is 3.76. The number of ether oxygens (including phenoxy) is 1. The smallest absolute Gasteiger partial charge is 0.136 e. The summed E-state index contributed by atoms with van der Waals surface area (Å²) in [6.07, 6.45) is 4.81. The SMILES string of the molecule is COc1ccc(Br)cc1CC1CCCCC1=O. The van der Waals surface area contributed by atoms with E-state index in [0.29, 0.717) is 5.78 Å². The molecule has 92 valence electrons. The highest BCUT2D eigenvalue weighted by molar-refractivity contribution is 9.10. The number of halogens is 1. The minimum atomic E-state index is 0.187. The van der Waals surface area contributed by atoms with E-state index in [1.807, 2.05) is 12.1 Å². The molecule has 1 saturated carbocycles. The lowest BCUT2D eigenvalue weighted by molar-refractivity contribution is -0.124. The largest absolute Gasteiger partial charge is 0.496 e. The first kappa shape index (κ1) is 12.6. The van der Waals surface area contributed by atoms with Crippen LogP contribution in [0, 0.1) is 5.92 Å². The zero-order chi connectivity index (χ0) is 12.3. The molecule has 17 heavy (non-hydrogen) atoms. The van der Waals surface area contributed by atoms with Crippen molar-refractivity contribution in [3.8, 4) is 5.75 Å². The fourth-order valence-electron chi connectivity index (χ4n) is 2.44. The van der Waals surface area contributed by atoms with E-state index in [0.717, 1.165) is 41.5 Å². The highest BCUT2D eigenvalue weighted by Crippen LogP contribution is 2.30. The van der Waals surface area contributed by atoms with Crippen LogP contribution in [0.4, 0.5) is 0 Å². The molecule has 3 heteroatoms. The average Bonchev–Trinajstić information content (AvgIpc) is 2.32. The van der Waals surface area contributed by atoms with Crippen molar-refractivity contribution in [2.75, 3.05) is 7.11 Å². The number of methoxy groups -OCH3 is 1. The van der Waals surface area contributed by atoms with Crippen LogP contribution in [-0.4, -0.2) is 12.9 Å². The lowest BCUT2D eigenvalue weighted by atomic mass is 9.83. The minimum absolute atomic E-state index is 0.187. The van der Waals surface area contributed by atoms with Crippen LogP contribution in [0.2, 0.25) is 0 Å². The Balaban J connectivity index is 2.16. The summed E-state index contributed by atoms with van der Waals surface area (Å²) >= 11 is 3.46. The second-order valence-corrected chi connectivity index (χ2v) is 5.48. The molecule has 1 aromatic rings. The van der Waals surface area contributed by atoms with Gasteiger partial charge in [0.1, 0.15) is 11.5 Å². The van der Waals surface area contributed by atoms with Crippen LogP contribution in [0.15, 0.2) is 22.7 Å². The van der Waals surface area contributed by atoms with Gasteiger partial charge < -0.3 is 4.74 Å². The molecule has 0 saturated heterocycles. The third-order valence-electron chi connectivity index (χ3n) is 3.39. The Labute approximate surface area is 110 Å². The molecular weight excluding hydrogens is 280 g/mol. The quantitative estimate of drug-likeness (QED) is 0.849. The predicted molar refractivity (Wildman–Crippen MR) is 71.4 cm³/mol. The van der Waals surface area contributed by atoms with Crippen molar-refractivity contribution in [3.05, 3.63) is 28.2 Å². The summed E-state index contributed by atoms with van der Waals surface area (Å²) in [6.45, 7) is 0. The molecule has 1 unspecified atom stereocenters. The first-order chi connectivity index (χ1) is 8.20. The number of hydrogen-bond donors (Lipinski definition) is 0. The summed E-state index contributed by atoms with van der Waals surface area (Å²) in [6, 6.07) is 5.97. The third kappa shape index (κ3) is 3.09. The minimum Gasteiger partial charge on any atom is -0.496 e. The molecule has 1 atom stereocenters. The number of hydrogen-bond acceptors (Lipinski definition) is 2. The van der Waals surface area contributed by atoms with Gasteiger partial charge in [0.15, 0.2) is 0 Å². The normalized spacial score (nSPS) is 20.4. The summed E-state index contributed by atoms with van der Waals surface area (Å²) in [7, 11) is 1.68. The Kier molecular flexibility index (Phi) is 4.21. The van der Waals surface area contributed by atoms with Crippen LogP contribution in [0.3, 0.4) is 0 Å². The first-order valence-corrected chi connectivity index (χ1v) is 6.85. The standard InChI is InChI=1S/C14H17BrO2/c1-17-14-7-6-12(15)9-11(14)8-10-4-2-3-5-13(10)16/h6-7,9-10H,2-5,8H2,1H3. The van der Waals surface area contributed by atoms with E-state index in [-0.39, 0.29) is 5.92 Å². The van der Waals surface area contributed by atoms with Crippen LogP contribution < -0.4 is 4.74 Å². The van der Waals surface area contributed by atoms with Gasteiger partial charge in [-0.25, -0.2) is 0 Å². The number of carbonyl (C=O) groups is 1. The highest BCUT2D eigenvalue weighted by Gasteiger charge is 2.23. The Hall–Kier alpha value is -0.830. The van der Waals surface area contributed by atoms with Crippen molar-refractivity contribution >= 4 is 21.7 Å². The van der Waals surface area contributed by atoms with Crippen molar-refractivity contribution < 1.29 is 9.53 Å². The third-order valence-corrected chi connectivity index (χ3v) is 3.88. The van der Waals surface area contributed by atoms with Crippen molar-refractivity contribution in [3.63, 3.8) is 0 Å². The maximum atomic E-state index is 11.8. The van der Waals surface area contributed by atoms with E-state index in [9.17, 15) is 4.79 Å². The van der Waals surface area contributed by atoms with Gasteiger partial charge in [-0.1, -0.05) is 22.4 Å². The molecule has 1 aliphatic rings. The zero-order valence-electron chi connectivity index (χ0n) is 10.0. The Morgan fingerprint density at radius 1 is 1.41 bits per heavy atom. The van der Waals surface area contributed by atoms with Gasteiger partial charge in [0, 0.05) is 16.8 Å². The van der Waals surface area contributed by atoms with E-state index in [1.54, 1.807) is 7.11 Å². The fraction of sp³-hybridized carbons (Fsp3) is 0.500. The van der Waals surface area contributed by atoms with E-state index < -0.39 is 0 Å². The zero-order valence-corrected chi connectivity index (χ0v) is 11.6. The molecule has 0 aliphatic heterocycles. The van der Waals surface area contributed by atoms with Gasteiger partial charge >= 0.3 is 0 Å². The summed E-state index contributed by atoms with van der Waals surface area (Å²) < 4.78 is 6.38. The summed E-state index contributed by atoms with van der Waals surface area (Å²) in [5.41, 5.74) is 1.13. The van der Waals surface area contributed by atoms with Gasteiger partial charge in [-0.3, -0.25) is 4.79 Å². The second-order valence-electron chi connectivity index (χ2n) is 4.57. The van der Waals surface area contributed by atoms with E-state index in [4.69, 9.17) is 4.74 Å². The van der Waals surface area contributed by atoms with E-state index in [2.05, 4.69) is 22.0 Å². The number of ketones is 1. The number of carbonyl (C=O) groups excluding carboxylic acids is 1. The second kappa shape index (κ2) is 5.67. The van der Waals surface area contributed by atoms with Crippen molar-refractivity contribution in [2.45, 2.75) is 32.1 Å².